The number of benzene rings is 1. The second-order valence-electron chi connectivity index (χ2n) is 6.61. The first kappa shape index (κ1) is 14.4. The standard InChI is InChI=1S/C16H23N3O2/c1-16(2,3)15-18-13-8-11(17)4-5-14(13)19(15)9-12-10-20-6-7-21-12/h4-5,8,12H,6-7,9-10,17H2,1-3H3. The van der Waals surface area contributed by atoms with E-state index in [0.717, 1.165) is 29.1 Å². The van der Waals surface area contributed by atoms with Crippen molar-refractivity contribution < 1.29 is 9.47 Å². The predicted molar refractivity (Wildman–Crippen MR) is 83.4 cm³/mol. The zero-order valence-electron chi connectivity index (χ0n) is 12.9. The van der Waals surface area contributed by atoms with Crippen LogP contribution in [-0.2, 0) is 21.4 Å². The Morgan fingerprint density at radius 1 is 1.33 bits per heavy atom. The second kappa shape index (κ2) is 5.31. The Morgan fingerprint density at radius 3 is 2.81 bits per heavy atom. The number of anilines is 1. The molecule has 0 bridgehead atoms. The van der Waals surface area contributed by atoms with Gasteiger partial charge in [-0.3, -0.25) is 0 Å². The Balaban J connectivity index is 2.04. The third-order valence-corrected chi connectivity index (χ3v) is 3.71. The Morgan fingerprint density at radius 2 is 2.14 bits per heavy atom. The highest BCUT2D eigenvalue weighted by Gasteiger charge is 2.25. The number of nitrogens with two attached hydrogens (primary N) is 1. The highest BCUT2D eigenvalue weighted by Crippen LogP contribution is 2.28. The van der Waals surface area contributed by atoms with Crippen LogP contribution in [0.3, 0.4) is 0 Å². The van der Waals surface area contributed by atoms with Crippen LogP contribution in [0.1, 0.15) is 26.6 Å². The molecule has 1 aromatic carbocycles. The van der Waals surface area contributed by atoms with Gasteiger partial charge in [0, 0.05) is 11.1 Å². The molecule has 0 aliphatic carbocycles. The molecule has 5 nitrogen and oxygen atoms in total. The molecule has 2 aromatic rings. The van der Waals surface area contributed by atoms with Crippen molar-refractivity contribution in [3.8, 4) is 0 Å². The smallest absolute Gasteiger partial charge is 0.115 e. The molecule has 21 heavy (non-hydrogen) atoms. The number of ether oxygens (including phenoxy) is 2. The lowest BCUT2D eigenvalue weighted by Gasteiger charge is -2.26. The van der Waals surface area contributed by atoms with E-state index < -0.39 is 0 Å². The van der Waals surface area contributed by atoms with Gasteiger partial charge in [-0.1, -0.05) is 20.8 Å². The van der Waals surface area contributed by atoms with Crippen LogP contribution in [0.25, 0.3) is 11.0 Å². The first-order valence-electron chi connectivity index (χ1n) is 7.41. The van der Waals surface area contributed by atoms with Gasteiger partial charge in [0.05, 0.1) is 43.5 Å². The summed E-state index contributed by atoms with van der Waals surface area (Å²) >= 11 is 0. The molecule has 0 radical (unpaired) electrons. The van der Waals surface area contributed by atoms with Crippen LogP contribution in [0, 0.1) is 0 Å². The minimum absolute atomic E-state index is 0.0384. The maximum atomic E-state index is 5.88. The molecule has 2 heterocycles. The molecule has 3 rings (SSSR count). The van der Waals surface area contributed by atoms with Crippen LogP contribution < -0.4 is 5.73 Å². The summed E-state index contributed by atoms with van der Waals surface area (Å²) in [7, 11) is 0. The van der Waals surface area contributed by atoms with Gasteiger partial charge in [0.25, 0.3) is 0 Å². The summed E-state index contributed by atoms with van der Waals surface area (Å²) in [5, 5.41) is 0. The van der Waals surface area contributed by atoms with Gasteiger partial charge in [0.2, 0.25) is 0 Å². The van der Waals surface area contributed by atoms with Crippen LogP contribution >= 0.6 is 0 Å². The third-order valence-electron chi connectivity index (χ3n) is 3.71. The summed E-state index contributed by atoms with van der Waals surface area (Å²) in [6.07, 6.45) is 0.0785. The Labute approximate surface area is 125 Å². The van der Waals surface area contributed by atoms with Crippen molar-refractivity contribution >= 4 is 16.7 Å². The SMILES string of the molecule is CC(C)(C)c1nc2cc(N)ccc2n1CC1COCCO1. The lowest BCUT2D eigenvalue weighted by molar-refractivity contribution is -0.0936. The maximum absolute atomic E-state index is 5.88. The van der Waals surface area contributed by atoms with Crippen molar-refractivity contribution in [2.75, 3.05) is 25.6 Å². The summed E-state index contributed by atoms with van der Waals surface area (Å²) in [5.41, 5.74) is 8.63. The van der Waals surface area contributed by atoms with Gasteiger partial charge >= 0.3 is 0 Å². The molecule has 1 unspecified atom stereocenters. The van der Waals surface area contributed by atoms with Crippen molar-refractivity contribution in [1.29, 1.82) is 0 Å². The molecule has 5 heteroatoms. The number of fused-ring (bicyclic) bond motifs is 1. The van der Waals surface area contributed by atoms with Crippen molar-refractivity contribution in [3.63, 3.8) is 0 Å². The topological polar surface area (TPSA) is 62.3 Å². The molecule has 0 amide bonds. The fraction of sp³-hybridized carbons (Fsp3) is 0.562. The highest BCUT2D eigenvalue weighted by molar-refractivity contribution is 5.80. The van der Waals surface area contributed by atoms with Gasteiger partial charge in [0.15, 0.2) is 0 Å². The summed E-state index contributed by atoms with van der Waals surface area (Å²) in [6, 6.07) is 5.89. The lowest BCUT2D eigenvalue weighted by atomic mass is 9.95. The predicted octanol–water partition coefficient (Wildman–Crippen LogP) is 2.33. The summed E-state index contributed by atoms with van der Waals surface area (Å²) < 4.78 is 13.5. The summed E-state index contributed by atoms with van der Waals surface area (Å²) in [6.45, 7) is 9.26. The first-order valence-corrected chi connectivity index (χ1v) is 7.41. The molecule has 1 aliphatic rings. The normalized spacial score (nSPS) is 20.0. The number of aromatic nitrogens is 2. The van der Waals surface area contributed by atoms with E-state index in [-0.39, 0.29) is 11.5 Å². The molecule has 114 valence electrons. The van der Waals surface area contributed by atoms with Crippen molar-refractivity contribution in [2.24, 2.45) is 0 Å². The van der Waals surface area contributed by atoms with E-state index in [2.05, 4.69) is 25.3 Å². The largest absolute Gasteiger partial charge is 0.399 e. The number of rotatable bonds is 2. The van der Waals surface area contributed by atoms with E-state index in [1.807, 2.05) is 18.2 Å². The van der Waals surface area contributed by atoms with E-state index in [1.54, 1.807) is 0 Å². The highest BCUT2D eigenvalue weighted by atomic mass is 16.6. The van der Waals surface area contributed by atoms with Crippen molar-refractivity contribution in [2.45, 2.75) is 38.8 Å². The number of nitrogens with zero attached hydrogens (tertiary/aromatic N) is 2. The number of imidazole rings is 1. The van der Waals surface area contributed by atoms with E-state index in [9.17, 15) is 0 Å². The molecule has 1 aliphatic heterocycles. The molecule has 1 saturated heterocycles. The number of nitrogen functional groups attached to an aromatic ring is 1. The minimum Gasteiger partial charge on any atom is -0.399 e. The van der Waals surface area contributed by atoms with Crippen LogP contribution in [-0.4, -0.2) is 35.5 Å². The molecular weight excluding hydrogens is 266 g/mol. The molecule has 0 saturated carbocycles. The summed E-state index contributed by atoms with van der Waals surface area (Å²) in [4.78, 5) is 4.80. The van der Waals surface area contributed by atoms with Crippen LogP contribution in [0.4, 0.5) is 5.69 Å². The monoisotopic (exact) mass is 289 g/mol. The average molecular weight is 289 g/mol. The number of hydrogen-bond acceptors (Lipinski definition) is 4. The molecule has 1 fully saturated rings. The number of hydrogen-bond donors (Lipinski definition) is 1. The van der Waals surface area contributed by atoms with Gasteiger partial charge in [-0.15, -0.1) is 0 Å². The van der Waals surface area contributed by atoms with E-state index in [0.29, 0.717) is 19.8 Å². The Kier molecular flexibility index (Phi) is 3.63. The molecule has 2 N–H and O–H groups in total. The summed E-state index contributed by atoms with van der Waals surface area (Å²) in [5.74, 6) is 1.05. The van der Waals surface area contributed by atoms with Gasteiger partial charge in [-0.25, -0.2) is 4.98 Å². The van der Waals surface area contributed by atoms with Crippen LogP contribution in [0.5, 0.6) is 0 Å². The van der Waals surface area contributed by atoms with Crippen LogP contribution in [0.15, 0.2) is 18.2 Å². The second-order valence-corrected chi connectivity index (χ2v) is 6.61. The molecule has 1 atom stereocenters. The molecule has 1 aromatic heterocycles. The third kappa shape index (κ3) is 2.89. The average Bonchev–Trinajstić information content (AvgIpc) is 2.78. The Hall–Kier alpha value is -1.59. The fourth-order valence-electron chi connectivity index (χ4n) is 2.75. The van der Waals surface area contributed by atoms with Crippen molar-refractivity contribution in [3.05, 3.63) is 24.0 Å². The van der Waals surface area contributed by atoms with Gasteiger partial charge in [-0.2, -0.15) is 0 Å². The van der Waals surface area contributed by atoms with E-state index in [1.165, 1.54) is 0 Å². The van der Waals surface area contributed by atoms with Gasteiger partial charge in [-0.05, 0) is 18.2 Å². The molecule has 0 spiro atoms. The lowest BCUT2D eigenvalue weighted by Crippen LogP contribution is -2.33. The molecular formula is C16H23N3O2. The minimum atomic E-state index is -0.0384. The van der Waals surface area contributed by atoms with Crippen molar-refractivity contribution in [1.82, 2.24) is 9.55 Å². The zero-order chi connectivity index (χ0) is 15.0. The maximum Gasteiger partial charge on any atom is 0.115 e. The van der Waals surface area contributed by atoms with Gasteiger partial charge in [0.1, 0.15) is 5.82 Å². The van der Waals surface area contributed by atoms with E-state index in [4.69, 9.17) is 20.2 Å². The first-order chi connectivity index (χ1) is 9.95. The Bertz CT molecular complexity index is 637. The fourth-order valence-corrected chi connectivity index (χ4v) is 2.75. The zero-order valence-corrected chi connectivity index (χ0v) is 12.9. The van der Waals surface area contributed by atoms with E-state index >= 15 is 0 Å². The quantitative estimate of drug-likeness (QED) is 0.862. The van der Waals surface area contributed by atoms with Crippen LogP contribution in [0.2, 0.25) is 0 Å². The van der Waals surface area contributed by atoms with Gasteiger partial charge < -0.3 is 19.8 Å².